The minimum absolute atomic E-state index is 0.157. The van der Waals surface area contributed by atoms with Crippen LogP contribution in [0.15, 0.2) is 59.9 Å². The monoisotopic (exact) mass is 259 g/mol. The second-order valence-corrected chi connectivity index (χ2v) is 5.48. The first-order valence-electron chi connectivity index (χ1n) is 5.28. The van der Waals surface area contributed by atoms with Gasteiger partial charge in [0.05, 0.1) is 11.7 Å². The van der Waals surface area contributed by atoms with Crippen LogP contribution >= 0.6 is 0 Å². The SMILES string of the molecule is O=S(=O)(c1cccc2cccnc12)n1cccn1. The third-order valence-electron chi connectivity index (χ3n) is 2.60. The van der Waals surface area contributed by atoms with E-state index in [9.17, 15) is 8.42 Å². The Morgan fingerprint density at radius 2 is 1.83 bits per heavy atom. The largest absolute Gasteiger partial charge is 0.285 e. The number of hydrogen-bond acceptors (Lipinski definition) is 4. The van der Waals surface area contributed by atoms with Gasteiger partial charge in [-0.25, -0.2) is 0 Å². The molecule has 0 aliphatic heterocycles. The van der Waals surface area contributed by atoms with Gasteiger partial charge in [-0.1, -0.05) is 18.2 Å². The topological polar surface area (TPSA) is 64.8 Å². The number of rotatable bonds is 2. The van der Waals surface area contributed by atoms with Crippen molar-refractivity contribution in [1.82, 2.24) is 14.2 Å². The van der Waals surface area contributed by atoms with E-state index in [0.29, 0.717) is 5.52 Å². The molecule has 90 valence electrons. The molecule has 2 heterocycles. The van der Waals surface area contributed by atoms with Crippen LogP contribution in [0.2, 0.25) is 0 Å². The highest BCUT2D eigenvalue weighted by Gasteiger charge is 2.20. The molecule has 0 aliphatic rings. The van der Waals surface area contributed by atoms with E-state index in [1.807, 2.05) is 12.1 Å². The van der Waals surface area contributed by atoms with E-state index in [1.165, 1.54) is 18.5 Å². The number of para-hydroxylation sites is 1. The molecule has 0 radical (unpaired) electrons. The molecule has 0 fully saturated rings. The van der Waals surface area contributed by atoms with E-state index in [4.69, 9.17) is 0 Å². The van der Waals surface area contributed by atoms with E-state index in [1.54, 1.807) is 24.4 Å². The zero-order valence-electron chi connectivity index (χ0n) is 9.26. The van der Waals surface area contributed by atoms with Gasteiger partial charge in [0, 0.05) is 17.8 Å². The molecule has 0 aliphatic carbocycles. The van der Waals surface area contributed by atoms with Gasteiger partial charge in [0.25, 0.3) is 10.0 Å². The smallest absolute Gasteiger partial charge is 0.255 e. The molecule has 6 heteroatoms. The first kappa shape index (κ1) is 10.9. The predicted molar refractivity (Wildman–Crippen MR) is 66.6 cm³/mol. The summed E-state index contributed by atoms with van der Waals surface area (Å²) in [4.78, 5) is 4.29. The number of fused-ring (bicyclic) bond motifs is 1. The molecule has 0 spiro atoms. The Morgan fingerprint density at radius 3 is 2.61 bits per heavy atom. The van der Waals surface area contributed by atoms with Gasteiger partial charge in [-0.3, -0.25) is 4.98 Å². The number of benzene rings is 1. The molecule has 0 N–H and O–H groups in total. The van der Waals surface area contributed by atoms with Crippen molar-refractivity contribution in [2.75, 3.05) is 0 Å². The average molecular weight is 259 g/mol. The zero-order chi connectivity index (χ0) is 12.6. The average Bonchev–Trinajstić information content (AvgIpc) is 2.92. The van der Waals surface area contributed by atoms with Crippen molar-refractivity contribution < 1.29 is 8.42 Å². The fourth-order valence-electron chi connectivity index (χ4n) is 1.78. The Labute approximate surface area is 104 Å². The molecule has 3 aromatic rings. The van der Waals surface area contributed by atoms with Gasteiger partial charge in [-0.05, 0) is 18.2 Å². The summed E-state index contributed by atoms with van der Waals surface area (Å²) in [6, 6.07) is 10.2. The van der Waals surface area contributed by atoms with Crippen LogP contribution in [0, 0.1) is 0 Å². The lowest BCUT2D eigenvalue weighted by Gasteiger charge is -2.06. The molecule has 3 rings (SSSR count). The van der Waals surface area contributed by atoms with Gasteiger partial charge >= 0.3 is 0 Å². The van der Waals surface area contributed by atoms with Gasteiger partial charge in [-0.2, -0.15) is 17.6 Å². The number of hydrogen-bond donors (Lipinski definition) is 0. The standard InChI is InChI=1S/C12H9N3O2S/c16-18(17,15-9-3-8-14-15)11-6-1-4-10-5-2-7-13-12(10)11/h1-9H. The normalized spacial score (nSPS) is 11.8. The molecule has 5 nitrogen and oxygen atoms in total. The second-order valence-electron chi connectivity index (χ2n) is 3.71. The van der Waals surface area contributed by atoms with Crippen molar-refractivity contribution in [3.05, 3.63) is 55.0 Å². The maximum atomic E-state index is 12.4. The summed E-state index contributed by atoms with van der Waals surface area (Å²) in [5, 5.41) is 4.56. The van der Waals surface area contributed by atoms with Crippen LogP contribution in [-0.2, 0) is 10.0 Å². The van der Waals surface area contributed by atoms with Gasteiger partial charge in [0.2, 0.25) is 0 Å². The minimum atomic E-state index is -3.68. The molecule has 0 saturated carbocycles. The van der Waals surface area contributed by atoms with Gasteiger partial charge in [-0.15, -0.1) is 0 Å². The maximum Gasteiger partial charge on any atom is 0.285 e. The lowest BCUT2D eigenvalue weighted by atomic mass is 10.2. The summed E-state index contributed by atoms with van der Waals surface area (Å²) in [7, 11) is -3.68. The second kappa shape index (κ2) is 3.92. The number of aromatic nitrogens is 3. The van der Waals surface area contributed by atoms with E-state index >= 15 is 0 Å². The van der Waals surface area contributed by atoms with E-state index in [2.05, 4.69) is 10.1 Å². The molecule has 0 saturated heterocycles. The Hall–Kier alpha value is -2.21. The number of nitrogens with zero attached hydrogens (tertiary/aromatic N) is 3. The van der Waals surface area contributed by atoms with Gasteiger partial charge in [0.1, 0.15) is 4.90 Å². The molecule has 0 atom stereocenters. The highest BCUT2D eigenvalue weighted by Crippen LogP contribution is 2.22. The summed E-state index contributed by atoms with van der Waals surface area (Å²) < 4.78 is 25.7. The Balaban J connectivity index is 2.34. The highest BCUT2D eigenvalue weighted by molar-refractivity contribution is 7.90. The van der Waals surface area contributed by atoms with Crippen LogP contribution in [0.4, 0.5) is 0 Å². The zero-order valence-corrected chi connectivity index (χ0v) is 10.1. The number of pyridine rings is 1. The molecule has 2 aromatic heterocycles. The van der Waals surface area contributed by atoms with Crippen molar-refractivity contribution in [2.24, 2.45) is 0 Å². The van der Waals surface area contributed by atoms with Crippen molar-refractivity contribution in [3.63, 3.8) is 0 Å². The Kier molecular flexibility index (Phi) is 2.38. The van der Waals surface area contributed by atoms with Crippen LogP contribution in [0.25, 0.3) is 10.9 Å². The fourth-order valence-corrected chi connectivity index (χ4v) is 3.06. The molecule has 0 bridgehead atoms. The molecule has 1 aromatic carbocycles. The Bertz CT molecular complexity index is 790. The third-order valence-corrected chi connectivity index (χ3v) is 4.19. The van der Waals surface area contributed by atoms with Crippen molar-refractivity contribution in [1.29, 1.82) is 0 Å². The van der Waals surface area contributed by atoms with Crippen molar-refractivity contribution in [3.8, 4) is 0 Å². The molecular weight excluding hydrogens is 250 g/mol. The Morgan fingerprint density at radius 1 is 1.00 bits per heavy atom. The molecule has 18 heavy (non-hydrogen) atoms. The van der Waals surface area contributed by atoms with Crippen molar-refractivity contribution >= 4 is 20.9 Å². The lowest BCUT2D eigenvalue weighted by Crippen LogP contribution is -2.14. The predicted octanol–water partition coefficient (Wildman–Crippen LogP) is 1.67. The van der Waals surface area contributed by atoms with E-state index < -0.39 is 10.0 Å². The van der Waals surface area contributed by atoms with Gasteiger partial charge in [0.15, 0.2) is 0 Å². The van der Waals surface area contributed by atoms with Crippen LogP contribution in [0.1, 0.15) is 0 Å². The van der Waals surface area contributed by atoms with E-state index in [-0.39, 0.29) is 4.90 Å². The van der Waals surface area contributed by atoms with Crippen LogP contribution in [0.3, 0.4) is 0 Å². The van der Waals surface area contributed by atoms with Crippen LogP contribution in [0.5, 0.6) is 0 Å². The molecule has 0 amide bonds. The minimum Gasteiger partial charge on any atom is -0.255 e. The maximum absolute atomic E-state index is 12.4. The highest BCUT2D eigenvalue weighted by atomic mass is 32.2. The summed E-state index contributed by atoms with van der Waals surface area (Å²) in [6.45, 7) is 0. The fraction of sp³-hybridized carbons (Fsp3) is 0. The first-order chi connectivity index (χ1) is 8.69. The summed E-state index contributed by atoms with van der Waals surface area (Å²) in [5.41, 5.74) is 0.454. The third kappa shape index (κ3) is 1.58. The summed E-state index contributed by atoms with van der Waals surface area (Å²) in [5.74, 6) is 0. The van der Waals surface area contributed by atoms with Gasteiger partial charge < -0.3 is 0 Å². The summed E-state index contributed by atoms with van der Waals surface area (Å²) >= 11 is 0. The van der Waals surface area contributed by atoms with Crippen molar-refractivity contribution in [2.45, 2.75) is 4.90 Å². The summed E-state index contributed by atoms with van der Waals surface area (Å²) in [6.07, 6.45) is 4.40. The van der Waals surface area contributed by atoms with Crippen LogP contribution < -0.4 is 0 Å². The molecular formula is C12H9N3O2S. The van der Waals surface area contributed by atoms with Crippen LogP contribution in [-0.4, -0.2) is 22.6 Å². The first-order valence-corrected chi connectivity index (χ1v) is 6.72. The van der Waals surface area contributed by atoms with E-state index in [0.717, 1.165) is 9.47 Å². The quantitative estimate of drug-likeness (QED) is 0.702. The lowest BCUT2D eigenvalue weighted by molar-refractivity contribution is 0.581. The molecule has 0 unspecified atom stereocenters.